The van der Waals surface area contributed by atoms with Gasteiger partial charge in [-0.15, -0.1) is 0 Å². The number of rotatable bonds is 5. The molecule has 0 aromatic heterocycles. The van der Waals surface area contributed by atoms with Crippen molar-refractivity contribution in [3.8, 4) is 0 Å². The molecule has 0 aromatic carbocycles. The Hall–Kier alpha value is 0. The monoisotopic (exact) mass is 388 g/mol. The van der Waals surface area contributed by atoms with E-state index in [2.05, 4.69) is 34.6 Å². The lowest BCUT2D eigenvalue weighted by molar-refractivity contribution is -0.114. The number of hydrogen-bond acceptors (Lipinski definition) is 0. The smallest absolute Gasteiger partial charge is 0.0264 e. The quantitative estimate of drug-likeness (QED) is 0.440. The van der Waals surface area contributed by atoms with Crippen LogP contribution in [0.25, 0.3) is 0 Å². The summed E-state index contributed by atoms with van der Waals surface area (Å²) >= 11 is 0. The minimum atomic E-state index is 0. The second-order valence-electron chi connectivity index (χ2n) is 12.4. The van der Waals surface area contributed by atoms with E-state index in [1.807, 2.05) is 0 Å². The first-order valence-electron chi connectivity index (χ1n) is 12.9. The molecule has 0 saturated heterocycles. The lowest BCUT2D eigenvalue weighted by Crippen LogP contribution is -2.53. The molecule has 164 valence electrons. The minimum Gasteiger partial charge on any atom is -0.0776 e. The van der Waals surface area contributed by atoms with Crippen LogP contribution < -0.4 is 0 Å². The fraction of sp³-hybridized carbons (Fsp3) is 1.00. The van der Waals surface area contributed by atoms with Crippen molar-refractivity contribution in [1.82, 2.24) is 0 Å². The molecule has 0 heteroatoms. The molecule has 2 unspecified atom stereocenters. The molecule has 8 atom stereocenters. The van der Waals surface area contributed by atoms with Crippen LogP contribution in [-0.4, -0.2) is 0 Å². The molecule has 4 aliphatic rings. The van der Waals surface area contributed by atoms with Crippen molar-refractivity contribution in [2.24, 2.45) is 52.3 Å². The highest BCUT2D eigenvalue weighted by atomic mass is 14.6. The van der Waals surface area contributed by atoms with Crippen LogP contribution in [0.4, 0.5) is 0 Å². The van der Waals surface area contributed by atoms with Gasteiger partial charge in [0.2, 0.25) is 0 Å². The zero-order chi connectivity index (χ0) is 19.2. The van der Waals surface area contributed by atoms with Crippen LogP contribution in [0, 0.1) is 52.3 Å². The zero-order valence-corrected chi connectivity index (χ0v) is 19.2. The first kappa shape index (κ1) is 22.7. The van der Waals surface area contributed by atoms with Crippen molar-refractivity contribution in [3.63, 3.8) is 0 Å². The lowest BCUT2D eigenvalue weighted by Gasteiger charge is -2.61. The van der Waals surface area contributed by atoms with Crippen LogP contribution in [0.15, 0.2) is 0 Å². The predicted molar refractivity (Wildman–Crippen MR) is 124 cm³/mol. The van der Waals surface area contributed by atoms with Gasteiger partial charge in [-0.1, -0.05) is 74.1 Å². The third kappa shape index (κ3) is 3.73. The summed E-state index contributed by atoms with van der Waals surface area (Å²) in [6.45, 7) is 12.9. The van der Waals surface area contributed by atoms with Gasteiger partial charge < -0.3 is 0 Å². The standard InChI is InChI=1S/C27H48.CH4/c1-19(2)9-8-10-20(3)23-14-15-24-22-13-12-21-11-6-7-17-26(21,4)25(22)16-18-27(23,24)5;/h19-25H,6-18H2,1-5H3;1H4/t20?,21?,22-,23+,24-,25-,26-,27+;/m0./s1. The van der Waals surface area contributed by atoms with Crippen LogP contribution >= 0.6 is 0 Å². The van der Waals surface area contributed by atoms with E-state index < -0.39 is 0 Å². The SMILES string of the molecule is C.CC(C)CCCC(C)[C@H]1CC[C@H]2[C@@H]3CCC4CCCC[C@]4(C)[C@H]3CC[C@]12C. The van der Waals surface area contributed by atoms with Crippen molar-refractivity contribution in [2.45, 2.75) is 126 Å². The fourth-order valence-corrected chi connectivity index (χ4v) is 9.32. The van der Waals surface area contributed by atoms with E-state index >= 15 is 0 Å². The van der Waals surface area contributed by atoms with Gasteiger partial charge in [0.25, 0.3) is 0 Å². The van der Waals surface area contributed by atoms with Crippen molar-refractivity contribution >= 4 is 0 Å². The summed E-state index contributed by atoms with van der Waals surface area (Å²) in [6, 6.07) is 0. The first-order valence-corrected chi connectivity index (χ1v) is 12.9. The van der Waals surface area contributed by atoms with E-state index in [1.165, 1.54) is 32.1 Å². The Bertz CT molecular complexity index is 506. The molecule has 4 aliphatic carbocycles. The molecule has 0 aromatic rings. The molecule has 0 radical (unpaired) electrons. The van der Waals surface area contributed by atoms with E-state index in [9.17, 15) is 0 Å². The molecular weight excluding hydrogens is 336 g/mol. The van der Waals surface area contributed by atoms with E-state index in [1.54, 1.807) is 51.4 Å². The van der Waals surface area contributed by atoms with Crippen LogP contribution in [0.1, 0.15) is 126 Å². The topological polar surface area (TPSA) is 0 Å². The van der Waals surface area contributed by atoms with Crippen molar-refractivity contribution in [2.75, 3.05) is 0 Å². The molecule has 28 heavy (non-hydrogen) atoms. The Kier molecular flexibility index (Phi) is 6.99. The molecule has 4 rings (SSSR count). The van der Waals surface area contributed by atoms with Gasteiger partial charge in [-0.25, -0.2) is 0 Å². The van der Waals surface area contributed by atoms with Crippen LogP contribution in [0.5, 0.6) is 0 Å². The highest BCUT2D eigenvalue weighted by Crippen LogP contribution is 2.68. The molecule has 0 amide bonds. The molecule has 0 spiro atoms. The molecule has 0 aliphatic heterocycles. The van der Waals surface area contributed by atoms with E-state index in [0.717, 1.165) is 41.4 Å². The van der Waals surface area contributed by atoms with Gasteiger partial charge in [-0.3, -0.25) is 0 Å². The highest BCUT2D eigenvalue weighted by molar-refractivity contribution is 5.09. The Morgan fingerprint density at radius 3 is 2.25 bits per heavy atom. The molecular formula is C28H52. The van der Waals surface area contributed by atoms with Crippen molar-refractivity contribution < 1.29 is 0 Å². The summed E-state index contributed by atoms with van der Waals surface area (Å²) in [6.07, 6.45) is 19.9. The van der Waals surface area contributed by atoms with Gasteiger partial charge in [-0.2, -0.15) is 0 Å². The van der Waals surface area contributed by atoms with E-state index in [-0.39, 0.29) is 7.43 Å². The van der Waals surface area contributed by atoms with Crippen molar-refractivity contribution in [3.05, 3.63) is 0 Å². The van der Waals surface area contributed by atoms with E-state index in [4.69, 9.17) is 0 Å². The minimum absolute atomic E-state index is 0. The van der Waals surface area contributed by atoms with Crippen LogP contribution in [0.2, 0.25) is 0 Å². The largest absolute Gasteiger partial charge is 0.0776 e. The molecule has 4 fully saturated rings. The Labute approximate surface area is 178 Å². The molecule has 0 heterocycles. The summed E-state index contributed by atoms with van der Waals surface area (Å²) in [5.74, 6) is 7.15. The summed E-state index contributed by atoms with van der Waals surface area (Å²) < 4.78 is 0. The maximum atomic E-state index is 2.75. The lowest BCUT2D eigenvalue weighted by atomic mass is 9.44. The van der Waals surface area contributed by atoms with Gasteiger partial charge in [0.1, 0.15) is 0 Å². The number of hydrogen-bond donors (Lipinski definition) is 0. The molecule has 0 bridgehead atoms. The first-order chi connectivity index (χ1) is 12.9. The zero-order valence-electron chi connectivity index (χ0n) is 19.2. The van der Waals surface area contributed by atoms with E-state index in [0.29, 0.717) is 10.8 Å². The van der Waals surface area contributed by atoms with Gasteiger partial charge in [0, 0.05) is 0 Å². The van der Waals surface area contributed by atoms with Crippen molar-refractivity contribution in [1.29, 1.82) is 0 Å². The van der Waals surface area contributed by atoms with Crippen LogP contribution in [0.3, 0.4) is 0 Å². The summed E-state index contributed by atoms with van der Waals surface area (Å²) in [5, 5.41) is 0. The second kappa shape index (κ2) is 8.63. The third-order valence-electron chi connectivity index (χ3n) is 10.8. The molecule has 0 N–H and O–H groups in total. The maximum absolute atomic E-state index is 2.75. The average Bonchev–Trinajstić information content (AvgIpc) is 2.98. The van der Waals surface area contributed by atoms with Gasteiger partial charge in [0.05, 0.1) is 0 Å². The Balaban J connectivity index is 0.00000225. The van der Waals surface area contributed by atoms with Gasteiger partial charge in [0.15, 0.2) is 0 Å². The predicted octanol–water partition coefficient (Wildman–Crippen LogP) is 9.13. The highest BCUT2D eigenvalue weighted by Gasteiger charge is 2.59. The summed E-state index contributed by atoms with van der Waals surface area (Å²) in [4.78, 5) is 0. The second-order valence-corrected chi connectivity index (χ2v) is 12.4. The summed E-state index contributed by atoms with van der Waals surface area (Å²) in [7, 11) is 0. The summed E-state index contributed by atoms with van der Waals surface area (Å²) in [5.41, 5.74) is 1.39. The molecule has 0 nitrogen and oxygen atoms in total. The normalized spacial score (nSPS) is 46.3. The van der Waals surface area contributed by atoms with Gasteiger partial charge in [-0.05, 0) is 104 Å². The van der Waals surface area contributed by atoms with Crippen LogP contribution in [-0.2, 0) is 0 Å². The Morgan fingerprint density at radius 1 is 0.750 bits per heavy atom. The third-order valence-corrected chi connectivity index (χ3v) is 10.8. The average molecular weight is 389 g/mol. The van der Waals surface area contributed by atoms with Gasteiger partial charge >= 0.3 is 0 Å². The fourth-order valence-electron chi connectivity index (χ4n) is 9.32. The Morgan fingerprint density at radius 2 is 1.50 bits per heavy atom. The number of fused-ring (bicyclic) bond motifs is 5. The maximum Gasteiger partial charge on any atom is -0.0264 e. The molecule has 4 saturated carbocycles.